The van der Waals surface area contributed by atoms with Crippen LogP contribution < -0.4 is 0 Å². The van der Waals surface area contributed by atoms with Crippen LogP contribution >= 0.6 is 0 Å². The van der Waals surface area contributed by atoms with Crippen molar-refractivity contribution in [2.75, 3.05) is 6.54 Å². The summed E-state index contributed by atoms with van der Waals surface area (Å²) in [6.45, 7) is 19.8. The maximum absolute atomic E-state index is 10.1. The van der Waals surface area contributed by atoms with Gasteiger partial charge in [0.05, 0.1) is 11.6 Å². The minimum absolute atomic E-state index is 0.106. The molecule has 0 spiro atoms. The molecule has 0 saturated heterocycles. The highest BCUT2D eigenvalue weighted by molar-refractivity contribution is 6.16. The third kappa shape index (κ3) is 5.89. The maximum atomic E-state index is 10.1. The Labute approximate surface area is 229 Å². The number of amidine groups is 2. The molecule has 0 aromatic heterocycles. The fourth-order valence-corrected chi connectivity index (χ4v) is 5.43. The van der Waals surface area contributed by atoms with Gasteiger partial charge in [-0.3, -0.25) is 15.3 Å². The number of nitrogens with one attached hydrogen (secondary N) is 1. The van der Waals surface area contributed by atoms with Gasteiger partial charge in [-0.15, -0.1) is 0 Å². The molecule has 1 aliphatic rings. The number of hydrogen-bond donors (Lipinski definition) is 1. The lowest BCUT2D eigenvalue weighted by molar-refractivity contribution is 0.457. The van der Waals surface area contributed by atoms with Crippen molar-refractivity contribution in [2.45, 2.75) is 66.7 Å². The largest absolute Gasteiger partial charge is 0.284 e. The number of benzene rings is 2. The van der Waals surface area contributed by atoms with E-state index >= 15 is 0 Å². The average Bonchev–Trinajstić information content (AvgIpc) is 2.87. The second-order valence-corrected chi connectivity index (χ2v) is 11.3. The van der Waals surface area contributed by atoms with E-state index in [-0.39, 0.29) is 17.3 Å². The fraction of sp³-hybridized carbons (Fsp3) is 0.382. The molecular formula is C34H42N4. The Balaban J connectivity index is 2.49. The molecule has 1 N–H and O–H groups in total. The van der Waals surface area contributed by atoms with Crippen molar-refractivity contribution >= 4 is 11.7 Å². The molecule has 0 unspecified atom stereocenters. The zero-order valence-electron chi connectivity index (χ0n) is 24.1. The Bertz CT molecular complexity index is 1330. The van der Waals surface area contributed by atoms with Crippen molar-refractivity contribution in [3.8, 4) is 6.07 Å². The van der Waals surface area contributed by atoms with Gasteiger partial charge in [0, 0.05) is 23.4 Å². The van der Waals surface area contributed by atoms with Crippen molar-refractivity contribution in [1.82, 2.24) is 4.90 Å². The molecule has 0 radical (unpaired) electrons. The molecule has 38 heavy (non-hydrogen) atoms. The molecule has 0 amide bonds. The van der Waals surface area contributed by atoms with Gasteiger partial charge >= 0.3 is 0 Å². The SMILES string of the molecule is C=C/C=C\C(=C(C(C)C)N(C(=N)c1ccccc1C)C1=NCCCC(C)(C)c2c(C#N)cccc21)C(C)C. The van der Waals surface area contributed by atoms with Crippen LogP contribution in [0.25, 0.3) is 0 Å². The summed E-state index contributed by atoms with van der Waals surface area (Å²) in [5.41, 5.74) is 6.50. The van der Waals surface area contributed by atoms with E-state index in [1.54, 1.807) is 6.08 Å². The number of aliphatic imine (C=N–C) groups is 1. The quantitative estimate of drug-likeness (QED) is 0.243. The summed E-state index contributed by atoms with van der Waals surface area (Å²) >= 11 is 0. The van der Waals surface area contributed by atoms with Gasteiger partial charge in [-0.05, 0) is 59.8 Å². The van der Waals surface area contributed by atoms with Crippen LogP contribution in [0, 0.1) is 35.5 Å². The van der Waals surface area contributed by atoms with Crippen LogP contribution in [0.2, 0.25) is 0 Å². The molecule has 1 heterocycles. The van der Waals surface area contributed by atoms with Gasteiger partial charge < -0.3 is 0 Å². The summed E-state index contributed by atoms with van der Waals surface area (Å²) in [7, 11) is 0. The van der Waals surface area contributed by atoms with Crippen molar-refractivity contribution < 1.29 is 0 Å². The number of fused-ring (bicyclic) bond motifs is 1. The average molecular weight is 507 g/mol. The van der Waals surface area contributed by atoms with E-state index in [2.05, 4.69) is 71.2 Å². The predicted octanol–water partition coefficient (Wildman–Crippen LogP) is 8.32. The first kappa shape index (κ1) is 28.9. The van der Waals surface area contributed by atoms with Crippen molar-refractivity contribution in [2.24, 2.45) is 16.8 Å². The summed E-state index contributed by atoms with van der Waals surface area (Å²) in [6, 6.07) is 16.4. The topological polar surface area (TPSA) is 63.2 Å². The number of allylic oxidation sites excluding steroid dienone is 5. The minimum Gasteiger partial charge on any atom is -0.284 e. The van der Waals surface area contributed by atoms with Crippen LogP contribution in [-0.4, -0.2) is 23.1 Å². The highest BCUT2D eigenvalue weighted by Crippen LogP contribution is 2.38. The molecular weight excluding hydrogens is 464 g/mol. The van der Waals surface area contributed by atoms with Crippen LogP contribution in [0.15, 0.2) is 83.5 Å². The first-order valence-corrected chi connectivity index (χ1v) is 13.6. The van der Waals surface area contributed by atoms with Crippen LogP contribution in [0.5, 0.6) is 0 Å². The summed E-state index contributed by atoms with van der Waals surface area (Å²) in [5.74, 6) is 1.45. The Kier molecular flexibility index (Phi) is 9.28. The third-order valence-corrected chi connectivity index (χ3v) is 7.28. The zero-order chi connectivity index (χ0) is 28.0. The Morgan fingerprint density at radius 1 is 1.11 bits per heavy atom. The molecule has 2 aromatic carbocycles. The lowest BCUT2D eigenvalue weighted by atomic mass is 9.75. The Morgan fingerprint density at radius 3 is 2.42 bits per heavy atom. The molecule has 0 bridgehead atoms. The predicted molar refractivity (Wildman–Crippen MR) is 161 cm³/mol. The number of nitrogens with zero attached hydrogens (tertiary/aromatic N) is 3. The fourth-order valence-electron chi connectivity index (χ4n) is 5.43. The molecule has 0 aliphatic carbocycles. The third-order valence-electron chi connectivity index (χ3n) is 7.28. The standard InChI is InChI=1S/C34H42N4/c1-9-10-17-27(23(2)3)31(24(4)5)38(32(36)28-18-12-11-15-25(28)6)33-29-19-13-16-26(22-35)30(29)34(7,8)20-14-21-37-33/h9-13,15-19,23-24,36H,1,14,20-21H2,2-8H3/b17-10-,31-27?,36-32?,37-33?. The van der Waals surface area contributed by atoms with E-state index in [0.717, 1.165) is 52.2 Å². The summed E-state index contributed by atoms with van der Waals surface area (Å²) in [5, 5.41) is 19.8. The molecule has 4 heteroatoms. The van der Waals surface area contributed by atoms with Gasteiger partial charge in [0.2, 0.25) is 0 Å². The molecule has 2 aromatic rings. The molecule has 1 aliphatic heterocycles. The minimum atomic E-state index is -0.204. The first-order valence-electron chi connectivity index (χ1n) is 13.6. The van der Waals surface area contributed by atoms with Crippen LogP contribution in [0.4, 0.5) is 0 Å². The van der Waals surface area contributed by atoms with Gasteiger partial charge in [-0.1, -0.05) is 103 Å². The number of rotatable bonds is 6. The van der Waals surface area contributed by atoms with Crippen molar-refractivity contribution in [3.63, 3.8) is 0 Å². The lowest BCUT2D eigenvalue weighted by Crippen LogP contribution is -2.42. The molecule has 4 nitrogen and oxygen atoms in total. The van der Waals surface area contributed by atoms with Gasteiger partial charge in [0.25, 0.3) is 0 Å². The van der Waals surface area contributed by atoms with Gasteiger partial charge in [-0.25, -0.2) is 0 Å². The Morgan fingerprint density at radius 2 is 1.82 bits per heavy atom. The zero-order valence-corrected chi connectivity index (χ0v) is 24.1. The lowest BCUT2D eigenvalue weighted by Gasteiger charge is -2.38. The Hall–Kier alpha value is -3.71. The smallest absolute Gasteiger partial charge is 0.141 e. The number of nitriles is 1. The van der Waals surface area contributed by atoms with Crippen LogP contribution in [-0.2, 0) is 5.41 Å². The van der Waals surface area contributed by atoms with Crippen molar-refractivity contribution in [1.29, 1.82) is 10.7 Å². The van der Waals surface area contributed by atoms with E-state index in [1.807, 2.05) is 49.4 Å². The van der Waals surface area contributed by atoms with E-state index < -0.39 is 0 Å². The highest BCUT2D eigenvalue weighted by Gasteiger charge is 2.35. The van der Waals surface area contributed by atoms with E-state index in [4.69, 9.17) is 4.99 Å². The molecule has 0 fully saturated rings. The first-order chi connectivity index (χ1) is 18.0. The van der Waals surface area contributed by atoms with Gasteiger partial charge in [-0.2, -0.15) is 5.26 Å². The second-order valence-electron chi connectivity index (χ2n) is 11.3. The van der Waals surface area contributed by atoms with E-state index in [0.29, 0.717) is 17.9 Å². The molecule has 3 rings (SSSR count). The van der Waals surface area contributed by atoms with Crippen molar-refractivity contribution in [3.05, 3.63) is 106 Å². The molecule has 198 valence electrons. The van der Waals surface area contributed by atoms with E-state index in [1.165, 1.54) is 0 Å². The van der Waals surface area contributed by atoms with Crippen LogP contribution in [0.3, 0.4) is 0 Å². The van der Waals surface area contributed by atoms with Crippen LogP contribution in [0.1, 0.15) is 82.2 Å². The molecule has 0 atom stereocenters. The number of hydrogen-bond acceptors (Lipinski definition) is 3. The van der Waals surface area contributed by atoms with Gasteiger partial charge in [0.1, 0.15) is 11.7 Å². The van der Waals surface area contributed by atoms with Gasteiger partial charge in [0.15, 0.2) is 0 Å². The normalized spacial score (nSPS) is 15.7. The second kappa shape index (κ2) is 12.2. The number of aryl methyl sites for hydroxylation is 1. The summed E-state index contributed by atoms with van der Waals surface area (Å²) < 4.78 is 0. The highest BCUT2D eigenvalue weighted by atomic mass is 15.2. The summed E-state index contributed by atoms with van der Waals surface area (Å²) in [4.78, 5) is 7.25. The monoisotopic (exact) mass is 506 g/mol. The maximum Gasteiger partial charge on any atom is 0.141 e. The molecule has 0 saturated carbocycles. The summed E-state index contributed by atoms with van der Waals surface area (Å²) in [6.07, 6.45) is 7.73. The van der Waals surface area contributed by atoms with E-state index in [9.17, 15) is 10.7 Å².